The monoisotopic (exact) mass is 445 g/mol. The largest absolute Gasteiger partial charge is 0.493 e. The number of nitrogens with one attached hydrogen (secondary N) is 1. The first-order valence-electron chi connectivity index (χ1n) is 8.77. The lowest BCUT2D eigenvalue weighted by molar-refractivity contribution is -0.116. The molecule has 0 aliphatic heterocycles. The topological polar surface area (TPSA) is 82.5 Å². The van der Waals surface area contributed by atoms with Crippen LogP contribution in [0.15, 0.2) is 52.0 Å². The Morgan fingerprint density at radius 1 is 1.21 bits per heavy atom. The average molecular weight is 446 g/mol. The first-order valence-corrected chi connectivity index (χ1v) is 9.56. The number of halogens is 1. The second-order valence-electron chi connectivity index (χ2n) is 6.00. The molecule has 0 fully saturated rings. The van der Waals surface area contributed by atoms with Crippen LogP contribution in [0.5, 0.6) is 11.5 Å². The molecule has 0 saturated heterocycles. The molecular weight excluding hydrogens is 426 g/mol. The van der Waals surface area contributed by atoms with Gasteiger partial charge in [0.2, 0.25) is 5.91 Å². The zero-order valence-electron chi connectivity index (χ0n) is 15.6. The van der Waals surface area contributed by atoms with Gasteiger partial charge in [0.05, 0.1) is 30.9 Å². The lowest BCUT2D eigenvalue weighted by atomic mass is 10.2. The summed E-state index contributed by atoms with van der Waals surface area (Å²) in [5.74, 6) is 0.940. The summed E-state index contributed by atoms with van der Waals surface area (Å²) >= 11 is 3.36. The van der Waals surface area contributed by atoms with Crippen molar-refractivity contribution >= 4 is 38.4 Å². The summed E-state index contributed by atoms with van der Waals surface area (Å²) in [5.41, 5.74) is 1.04. The Labute approximate surface area is 170 Å². The van der Waals surface area contributed by atoms with E-state index in [0.717, 1.165) is 4.47 Å². The van der Waals surface area contributed by atoms with Gasteiger partial charge in [-0.25, -0.2) is 4.98 Å². The van der Waals surface area contributed by atoms with E-state index >= 15 is 0 Å². The van der Waals surface area contributed by atoms with Crippen LogP contribution in [0.4, 0.5) is 5.69 Å². The third-order valence-corrected chi connectivity index (χ3v) is 4.61. The number of aromatic nitrogens is 2. The van der Waals surface area contributed by atoms with Crippen LogP contribution in [-0.4, -0.2) is 29.2 Å². The fraction of sp³-hybridized carbons (Fsp3) is 0.250. The van der Waals surface area contributed by atoms with Crippen LogP contribution in [0, 0.1) is 0 Å². The Kier molecular flexibility index (Phi) is 6.30. The summed E-state index contributed by atoms with van der Waals surface area (Å²) in [7, 11) is 1.54. The summed E-state index contributed by atoms with van der Waals surface area (Å²) < 4.78 is 13.0. The summed E-state index contributed by atoms with van der Waals surface area (Å²) in [4.78, 5) is 29.1. The van der Waals surface area contributed by atoms with Gasteiger partial charge in [-0.05, 0) is 37.3 Å². The number of hydrogen-bond acceptors (Lipinski definition) is 5. The molecule has 2 aromatic carbocycles. The van der Waals surface area contributed by atoms with E-state index in [1.165, 1.54) is 10.9 Å². The van der Waals surface area contributed by atoms with Crippen molar-refractivity contribution in [2.24, 2.45) is 0 Å². The highest BCUT2D eigenvalue weighted by Gasteiger charge is 2.10. The zero-order valence-corrected chi connectivity index (χ0v) is 17.2. The summed E-state index contributed by atoms with van der Waals surface area (Å²) in [5, 5.41) is 3.31. The van der Waals surface area contributed by atoms with E-state index in [0.29, 0.717) is 34.7 Å². The quantitative estimate of drug-likeness (QED) is 0.600. The van der Waals surface area contributed by atoms with Gasteiger partial charge in [-0.1, -0.05) is 15.9 Å². The van der Waals surface area contributed by atoms with E-state index in [9.17, 15) is 9.59 Å². The Morgan fingerprint density at radius 2 is 2.04 bits per heavy atom. The molecule has 28 heavy (non-hydrogen) atoms. The smallest absolute Gasteiger partial charge is 0.261 e. The number of nitrogens with zero attached hydrogens (tertiary/aromatic N) is 2. The predicted octanol–water partition coefficient (Wildman–Crippen LogP) is 3.60. The van der Waals surface area contributed by atoms with Gasteiger partial charge in [-0.15, -0.1) is 0 Å². The molecule has 0 aliphatic carbocycles. The molecule has 3 aromatic rings. The van der Waals surface area contributed by atoms with Crippen molar-refractivity contribution in [1.82, 2.24) is 9.55 Å². The van der Waals surface area contributed by atoms with E-state index < -0.39 is 0 Å². The van der Waals surface area contributed by atoms with Crippen LogP contribution in [-0.2, 0) is 11.3 Å². The number of methoxy groups -OCH3 is 1. The second kappa shape index (κ2) is 8.88. The first-order chi connectivity index (χ1) is 13.5. The molecule has 0 spiro atoms. The Morgan fingerprint density at radius 3 is 2.79 bits per heavy atom. The van der Waals surface area contributed by atoms with Crippen LogP contribution >= 0.6 is 15.9 Å². The number of anilines is 1. The maximum Gasteiger partial charge on any atom is 0.261 e. The van der Waals surface area contributed by atoms with Crippen molar-refractivity contribution in [2.75, 3.05) is 19.0 Å². The number of benzene rings is 2. The molecule has 1 aromatic heterocycles. The molecule has 0 saturated carbocycles. The Hall–Kier alpha value is -2.87. The first kappa shape index (κ1) is 19.9. The molecule has 0 aliphatic rings. The number of fused-ring (bicyclic) bond motifs is 1. The van der Waals surface area contributed by atoms with Crippen LogP contribution in [0.3, 0.4) is 0 Å². The number of ether oxygens (including phenoxy) is 2. The minimum absolute atomic E-state index is 0.136. The number of carbonyl (C=O) groups excluding carboxylic acids is 1. The van der Waals surface area contributed by atoms with Gasteiger partial charge in [-0.3, -0.25) is 14.2 Å². The second-order valence-corrected chi connectivity index (χ2v) is 6.92. The summed E-state index contributed by atoms with van der Waals surface area (Å²) in [6, 6.07) is 10.5. The Bertz CT molecular complexity index is 1060. The van der Waals surface area contributed by atoms with E-state index in [-0.39, 0.29) is 24.4 Å². The van der Waals surface area contributed by atoms with Gasteiger partial charge < -0.3 is 14.8 Å². The van der Waals surface area contributed by atoms with Crippen molar-refractivity contribution in [1.29, 1.82) is 0 Å². The van der Waals surface area contributed by atoms with Crippen LogP contribution in [0.25, 0.3) is 10.9 Å². The van der Waals surface area contributed by atoms with Crippen molar-refractivity contribution in [3.63, 3.8) is 0 Å². The van der Waals surface area contributed by atoms with Gasteiger partial charge in [-0.2, -0.15) is 0 Å². The lowest BCUT2D eigenvalue weighted by Gasteiger charge is -2.12. The third kappa shape index (κ3) is 4.51. The molecular formula is C20H20BrN3O4. The van der Waals surface area contributed by atoms with E-state index in [1.54, 1.807) is 37.4 Å². The van der Waals surface area contributed by atoms with Gasteiger partial charge in [0, 0.05) is 29.2 Å². The van der Waals surface area contributed by atoms with Crippen molar-refractivity contribution < 1.29 is 14.3 Å². The number of carbonyl (C=O) groups is 1. The zero-order chi connectivity index (χ0) is 20.1. The van der Waals surface area contributed by atoms with E-state index in [4.69, 9.17) is 9.47 Å². The molecule has 0 radical (unpaired) electrons. The molecule has 3 rings (SSSR count). The summed E-state index contributed by atoms with van der Waals surface area (Å²) in [6.07, 6.45) is 1.60. The molecule has 1 heterocycles. The maximum atomic E-state index is 12.6. The minimum Gasteiger partial charge on any atom is -0.493 e. The van der Waals surface area contributed by atoms with Gasteiger partial charge >= 0.3 is 0 Å². The number of rotatable bonds is 7. The van der Waals surface area contributed by atoms with Crippen LogP contribution in [0.1, 0.15) is 13.3 Å². The highest BCUT2D eigenvalue weighted by Crippen LogP contribution is 2.30. The molecule has 0 atom stereocenters. The maximum absolute atomic E-state index is 12.6. The minimum atomic E-state index is -0.215. The standard InChI is InChI=1S/C20H20BrN3O4/c1-3-28-17-7-5-14(11-18(17)27-2)23-19(25)8-9-24-12-22-16-6-4-13(21)10-15(16)20(24)26/h4-7,10-12H,3,8-9H2,1-2H3,(H,23,25). The van der Waals surface area contributed by atoms with Crippen molar-refractivity contribution in [2.45, 2.75) is 19.9 Å². The van der Waals surface area contributed by atoms with Crippen molar-refractivity contribution in [3.8, 4) is 11.5 Å². The lowest BCUT2D eigenvalue weighted by Crippen LogP contribution is -2.23. The molecule has 0 bridgehead atoms. The fourth-order valence-electron chi connectivity index (χ4n) is 2.76. The number of hydrogen-bond donors (Lipinski definition) is 1. The van der Waals surface area contributed by atoms with Gasteiger partial charge in [0.1, 0.15) is 0 Å². The normalized spacial score (nSPS) is 10.7. The third-order valence-electron chi connectivity index (χ3n) is 4.11. The van der Waals surface area contributed by atoms with Gasteiger partial charge in [0.25, 0.3) is 5.56 Å². The Balaban J connectivity index is 1.68. The number of amides is 1. The van der Waals surface area contributed by atoms with Crippen LogP contribution < -0.4 is 20.3 Å². The predicted molar refractivity (Wildman–Crippen MR) is 111 cm³/mol. The summed E-state index contributed by atoms with van der Waals surface area (Å²) in [6.45, 7) is 2.64. The molecule has 7 nitrogen and oxygen atoms in total. The molecule has 0 unspecified atom stereocenters. The van der Waals surface area contributed by atoms with Crippen molar-refractivity contribution in [3.05, 3.63) is 57.6 Å². The highest BCUT2D eigenvalue weighted by molar-refractivity contribution is 9.10. The average Bonchev–Trinajstić information content (AvgIpc) is 2.69. The molecule has 1 amide bonds. The van der Waals surface area contributed by atoms with E-state index in [1.807, 2.05) is 13.0 Å². The van der Waals surface area contributed by atoms with Crippen LogP contribution in [0.2, 0.25) is 0 Å². The highest BCUT2D eigenvalue weighted by atomic mass is 79.9. The van der Waals surface area contributed by atoms with Gasteiger partial charge in [0.15, 0.2) is 11.5 Å². The number of aryl methyl sites for hydroxylation is 1. The van der Waals surface area contributed by atoms with E-state index in [2.05, 4.69) is 26.2 Å². The molecule has 8 heteroatoms. The molecule has 146 valence electrons. The fourth-order valence-corrected chi connectivity index (χ4v) is 3.12. The SMILES string of the molecule is CCOc1ccc(NC(=O)CCn2cnc3ccc(Br)cc3c2=O)cc1OC. The molecule has 1 N–H and O–H groups in total.